The molecule has 182 valence electrons. The molecule has 4 saturated carbocycles. The zero-order valence-corrected chi connectivity index (χ0v) is 22.7. The lowest BCUT2D eigenvalue weighted by Crippen LogP contribution is -2.58. The molecule has 4 rings (SSSR count). The highest BCUT2D eigenvalue weighted by Crippen LogP contribution is 2.67. The van der Waals surface area contributed by atoms with Crippen molar-refractivity contribution in [2.45, 2.75) is 97.9 Å². The Kier molecular flexibility index (Phi) is 6.61. The van der Waals surface area contributed by atoms with E-state index in [1.807, 2.05) is 0 Å². The highest BCUT2D eigenvalue weighted by molar-refractivity contribution is 6.69. The number of rotatable bonds is 5. The lowest BCUT2D eigenvalue weighted by atomic mass is 9.44. The highest BCUT2D eigenvalue weighted by Gasteiger charge is 2.63. The zero-order valence-electron chi connectivity index (χ0n) is 21.7. The lowest BCUT2D eigenvalue weighted by Gasteiger charge is -2.61. The van der Waals surface area contributed by atoms with Crippen LogP contribution in [0.25, 0.3) is 0 Å². The van der Waals surface area contributed by atoms with Gasteiger partial charge in [0.05, 0.1) is 11.4 Å². The summed E-state index contributed by atoms with van der Waals surface area (Å²) < 4.78 is 6.59. The van der Waals surface area contributed by atoms with Crippen LogP contribution in [0.15, 0.2) is 10.3 Å². The molecule has 0 radical (unpaired) electrons. The van der Waals surface area contributed by atoms with Crippen molar-refractivity contribution in [1.29, 1.82) is 0 Å². The van der Waals surface area contributed by atoms with Crippen LogP contribution < -0.4 is 0 Å². The third kappa shape index (κ3) is 4.08. The van der Waals surface area contributed by atoms with Gasteiger partial charge in [0.25, 0.3) is 0 Å². The highest BCUT2D eigenvalue weighted by atomic mass is 28.4. The van der Waals surface area contributed by atoms with Crippen LogP contribution in [0.5, 0.6) is 0 Å². The summed E-state index contributed by atoms with van der Waals surface area (Å²) in [5.74, 6) is 3.20. The van der Waals surface area contributed by atoms with Crippen LogP contribution in [0.3, 0.4) is 0 Å². The van der Waals surface area contributed by atoms with E-state index < -0.39 is 8.32 Å². The third-order valence-electron chi connectivity index (χ3n) is 9.79. The normalized spacial score (nSPS) is 45.8. The summed E-state index contributed by atoms with van der Waals surface area (Å²) in [6.45, 7) is 14.2. The number of hydrogen-bond acceptors (Lipinski definition) is 5. The maximum atomic E-state index is 6.59. The van der Waals surface area contributed by atoms with Gasteiger partial charge in [-0.1, -0.05) is 24.2 Å². The second kappa shape index (κ2) is 8.72. The summed E-state index contributed by atoms with van der Waals surface area (Å²) in [4.78, 5) is 10.7. The molecular formula is C26H46N2O3Si. The Morgan fingerprint density at radius 1 is 0.969 bits per heavy atom. The molecule has 0 aromatic rings. The molecule has 6 heteroatoms. The molecule has 0 heterocycles. The van der Waals surface area contributed by atoms with Crippen molar-refractivity contribution >= 4 is 19.7 Å². The van der Waals surface area contributed by atoms with Gasteiger partial charge in [0, 0.05) is 17.9 Å². The minimum atomic E-state index is -1.50. The van der Waals surface area contributed by atoms with Gasteiger partial charge in [-0.15, -0.1) is 0 Å². The van der Waals surface area contributed by atoms with Gasteiger partial charge in [-0.25, -0.2) is 0 Å². The van der Waals surface area contributed by atoms with Gasteiger partial charge in [-0.3, -0.25) is 0 Å². The van der Waals surface area contributed by atoms with Crippen molar-refractivity contribution in [1.82, 2.24) is 0 Å². The predicted molar refractivity (Wildman–Crippen MR) is 133 cm³/mol. The van der Waals surface area contributed by atoms with E-state index in [1.54, 1.807) is 14.2 Å². The molecule has 0 aliphatic heterocycles. The molecule has 4 aliphatic carbocycles. The van der Waals surface area contributed by atoms with Crippen LogP contribution in [0, 0.1) is 40.4 Å². The average molecular weight is 463 g/mol. The number of nitrogens with zero attached hydrogens (tertiary/aromatic N) is 2. The van der Waals surface area contributed by atoms with E-state index in [2.05, 4.69) is 45.6 Å². The Labute approximate surface area is 196 Å². The maximum Gasteiger partial charge on any atom is 0.184 e. The fourth-order valence-corrected chi connectivity index (χ4v) is 9.99. The minimum absolute atomic E-state index is 0.200. The molecular weight excluding hydrogens is 416 g/mol. The Morgan fingerprint density at radius 3 is 2.38 bits per heavy atom. The summed E-state index contributed by atoms with van der Waals surface area (Å²) in [5.41, 5.74) is 2.99. The van der Waals surface area contributed by atoms with Gasteiger partial charge in [0.1, 0.15) is 14.2 Å². The van der Waals surface area contributed by atoms with E-state index in [0.717, 1.165) is 24.0 Å². The van der Waals surface area contributed by atoms with E-state index in [-0.39, 0.29) is 5.41 Å². The average Bonchev–Trinajstić information content (AvgIpc) is 3.04. The van der Waals surface area contributed by atoms with Crippen LogP contribution >= 0.6 is 0 Å². The van der Waals surface area contributed by atoms with Crippen LogP contribution in [-0.2, 0) is 14.1 Å². The lowest BCUT2D eigenvalue weighted by molar-refractivity contribution is -0.0791. The molecule has 4 fully saturated rings. The Hall–Kier alpha value is -0.883. The Bertz CT molecular complexity index is 763. The maximum absolute atomic E-state index is 6.59. The van der Waals surface area contributed by atoms with Gasteiger partial charge in [-0.2, -0.15) is 0 Å². The molecule has 5 nitrogen and oxygen atoms in total. The molecule has 0 N–H and O–H groups in total. The van der Waals surface area contributed by atoms with E-state index in [0.29, 0.717) is 29.3 Å². The van der Waals surface area contributed by atoms with Crippen LogP contribution in [0.4, 0.5) is 0 Å². The first-order valence-corrected chi connectivity index (χ1v) is 16.3. The molecule has 0 aromatic carbocycles. The molecule has 0 aromatic heterocycles. The molecule has 0 bridgehead atoms. The Morgan fingerprint density at radius 2 is 1.72 bits per heavy atom. The zero-order chi connectivity index (χ0) is 23.3. The number of fused-ring (bicyclic) bond motifs is 5. The first kappa shape index (κ1) is 24.2. The summed E-state index contributed by atoms with van der Waals surface area (Å²) in [6, 6.07) is 0. The van der Waals surface area contributed by atoms with Crippen LogP contribution in [0.1, 0.15) is 72.1 Å². The van der Waals surface area contributed by atoms with Gasteiger partial charge >= 0.3 is 0 Å². The smallest absolute Gasteiger partial charge is 0.184 e. The standard InChI is InChI=1S/C26H46N2O3Si/c1-17(27-29-4)21-11-12-22-20-10-9-18-15-19(31-32(6,7)8)13-14-25(18,2)24(20)23(28-30-5)16-26(21,22)3/h18-22,24H,9-16H2,1-8H3/b27-17+,28-23+/t18-,19+,20?,21+,22?,24?,25-,26+/m0/s1. The van der Waals surface area contributed by atoms with Crippen molar-refractivity contribution in [3.05, 3.63) is 0 Å². The number of oxime groups is 2. The topological polar surface area (TPSA) is 52.4 Å². The fraction of sp³-hybridized carbons (Fsp3) is 0.923. The molecule has 0 saturated heterocycles. The molecule has 3 unspecified atom stereocenters. The van der Waals surface area contributed by atoms with Gasteiger partial charge < -0.3 is 14.1 Å². The summed E-state index contributed by atoms with van der Waals surface area (Å²) in [6.07, 6.45) is 10.4. The molecule has 0 spiro atoms. The van der Waals surface area contributed by atoms with Crippen LogP contribution in [-0.4, -0.2) is 40.1 Å². The second-order valence-corrected chi connectivity index (χ2v) is 17.1. The molecule has 32 heavy (non-hydrogen) atoms. The van der Waals surface area contributed by atoms with E-state index >= 15 is 0 Å². The Balaban J connectivity index is 1.64. The minimum Gasteiger partial charge on any atom is -0.415 e. The summed E-state index contributed by atoms with van der Waals surface area (Å²) >= 11 is 0. The second-order valence-electron chi connectivity index (χ2n) is 12.6. The van der Waals surface area contributed by atoms with Crippen molar-refractivity contribution in [3.8, 4) is 0 Å². The van der Waals surface area contributed by atoms with Gasteiger partial charge in [0.2, 0.25) is 0 Å². The van der Waals surface area contributed by atoms with E-state index in [4.69, 9.17) is 19.3 Å². The van der Waals surface area contributed by atoms with Gasteiger partial charge in [0.15, 0.2) is 8.32 Å². The SMILES string of the molecule is CO/N=C1\C[C@@]2(C)C(CC[C@@H]2/C(C)=N/OC)C2CC[C@H]3C[C@H](O[Si](C)(C)C)CC[C@]3(C)C12. The summed E-state index contributed by atoms with van der Waals surface area (Å²) in [7, 11) is 1.88. The third-order valence-corrected chi connectivity index (χ3v) is 10.8. The fourth-order valence-electron chi connectivity index (χ4n) is 8.78. The first-order chi connectivity index (χ1) is 15.0. The van der Waals surface area contributed by atoms with Crippen molar-refractivity contribution in [2.24, 2.45) is 50.7 Å². The van der Waals surface area contributed by atoms with Crippen LogP contribution in [0.2, 0.25) is 19.6 Å². The van der Waals surface area contributed by atoms with Gasteiger partial charge in [-0.05, 0) is 107 Å². The first-order valence-electron chi connectivity index (χ1n) is 12.9. The number of hydrogen-bond donors (Lipinski definition) is 0. The van der Waals surface area contributed by atoms with Crippen molar-refractivity contribution < 1.29 is 14.1 Å². The summed E-state index contributed by atoms with van der Waals surface area (Å²) in [5, 5.41) is 9.12. The molecule has 0 amide bonds. The van der Waals surface area contributed by atoms with E-state index in [1.165, 1.54) is 50.7 Å². The van der Waals surface area contributed by atoms with Crippen molar-refractivity contribution in [2.75, 3.05) is 14.2 Å². The monoisotopic (exact) mass is 462 g/mol. The molecule has 4 aliphatic rings. The van der Waals surface area contributed by atoms with E-state index in [9.17, 15) is 0 Å². The van der Waals surface area contributed by atoms with Crippen molar-refractivity contribution in [3.63, 3.8) is 0 Å². The largest absolute Gasteiger partial charge is 0.415 e. The molecule has 8 atom stereocenters. The predicted octanol–water partition coefficient (Wildman–Crippen LogP) is 6.50. The quantitative estimate of drug-likeness (QED) is 0.266.